The van der Waals surface area contributed by atoms with E-state index < -0.39 is 0 Å². The highest BCUT2D eigenvalue weighted by atomic mass is 32.1. The molecular formula is C17H28N4O2S. The van der Waals surface area contributed by atoms with Crippen LogP contribution >= 0.6 is 11.3 Å². The lowest BCUT2D eigenvalue weighted by Gasteiger charge is -2.21. The summed E-state index contributed by atoms with van der Waals surface area (Å²) < 4.78 is 5.76. The van der Waals surface area contributed by atoms with E-state index in [2.05, 4.69) is 27.9 Å². The van der Waals surface area contributed by atoms with Gasteiger partial charge in [0.2, 0.25) is 0 Å². The maximum Gasteiger partial charge on any atom is 0.261 e. The zero-order valence-corrected chi connectivity index (χ0v) is 15.4. The molecule has 0 spiro atoms. The normalized spacial score (nSPS) is 20.8. The second-order valence-corrected chi connectivity index (χ2v) is 7.06. The Labute approximate surface area is 148 Å². The fraction of sp³-hybridized carbons (Fsp3) is 0.647. The molecule has 6 nitrogen and oxygen atoms in total. The summed E-state index contributed by atoms with van der Waals surface area (Å²) >= 11 is 1.46. The van der Waals surface area contributed by atoms with E-state index >= 15 is 0 Å². The number of carbonyl (C=O) groups excluding carboxylic acids is 1. The molecule has 2 heterocycles. The van der Waals surface area contributed by atoms with Crippen molar-refractivity contribution in [1.29, 1.82) is 0 Å². The van der Waals surface area contributed by atoms with Crippen molar-refractivity contribution in [2.75, 3.05) is 32.8 Å². The van der Waals surface area contributed by atoms with Gasteiger partial charge in [0, 0.05) is 26.2 Å². The van der Waals surface area contributed by atoms with Gasteiger partial charge in [-0.2, -0.15) is 0 Å². The number of amides is 1. The maximum atomic E-state index is 11.8. The highest BCUT2D eigenvalue weighted by Gasteiger charge is 2.29. The summed E-state index contributed by atoms with van der Waals surface area (Å²) in [5, 5.41) is 11.4. The molecule has 24 heavy (non-hydrogen) atoms. The van der Waals surface area contributed by atoms with Gasteiger partial charge >= 0.3 is 0 Å². The van der Waals surface area contributed by atoms with Crippen molar-refractivity contribution >= 4 is 23.2 Å². The molecular weight excluding hydrogens is 324 g/mol. The third-order valence-electron chi connectivity index (χ3n) is 3.89. The van der Waals surface area contributed by atoms with Gasteiger partial charge in [-0.1, -0.05) is 6.07 Å². The third-order valence-corrected chi connectivity index (χ3v) is 4.76. The number of rotatable bonds is 8. The Balaban J connectivity index is 1.66. The second-order valence-electron chi connectivity index (χ2n) is 6.11. The van der Waals surface area contributed by atoms with Crippen LogP contribution in [0.4, 0.5) is 0 Å². The van der Waals surface area contributed by atoms with Crippen LogP contribution in [0.2, 0.25) is 0 Å². The van der Waals surface area contributed by atoms with E-state index in [0.717, 1.165) is 49.8 Å². The van der Waals surface area contributed by atoms with Gasteiger partial charge in [0.1, 0.15) is 0 Å². The molecule has 3 N–H and O–H groups in total. The highest BCUT2D eigenvalue weighted by Crippen LogP contribution is 2.24. The molecule has 1 fully saturated rings. The van der Waals surface area contributed by atoms with Crippen LogP contribution in [0.3, 0.4) is 0 Å². The van der Waals surface area contributed by atoms with Gasteiger partial charge in [-0.3, -0.25) is 9.79 Å². The zero-order valence-electron chi connectivity index (χ0n) is 14.6. The molecule has 2 rings (SSSR count). The molecule has 0 saturated carbocycles. The predicted molar refractivity (Wildman–Crippen MR) is 98.8 cm³/mol. The lowest BCUT2D eigenvalue weighted by atomic mass is 10.0. The number of aliphatic imine (C=N–C) groups is 1. The van der Waals surface area contributed by atoms with Gasteiger partial charge in [0.05, 0.1) is 17.0 Å². The Bertz CT molecular complexity index is 525. The molecule has 0 aliphatic carbocycles. The Morgan fingerprint density at radius 3 is 2.88 bits per heavy atom. The van der Waals surface area contributed by atoms with Crippen molar-refractivity contribution in [3.05, 3.63) is 22.4 Å². The van der Waals surface area contributed by atoms with Crippen molar-refractivity contribution in [2.45, 2.75) is 38.7 Å². The number of ether oxygens (including phenoxy) is 1. The van der Waals surface area contributed by atoms with Gasteiger partial charge in [-0.25, -0.2) is 0 Å². The minimum Gasteiger partial charge on any atom is -0.373 e. The van der Waals surface area contributed by atoms with E-state index in [9.17, 15) is 4.79 Å². The van der Waals surface area contributed by atoms with Crippen molar-refractivity contribution in [3.63, 3.8) is 0 Å². The zero-order chi connectivity index (χ0) is 17.3. The fourth-order valence-electron chi connectivity index (χ4n) is 2.54. The molecule has 0 bridgehead atoms. The topological polar surface area (TPSA) is 74.8 Å². The van der Waals surface area contributed by atoms with Crippen LogP contribution in [0.25, 0.3) is 0 Å². The average Bonchev–Trinajstić information content (AvgIpc) is 3.24. The quantitative estimate of drug-likeness (QED) is 0.380. The molecule has 1 unspecified atom stereocenters. The van der Waals surface area contributed by atoms with E-state index in [0.29, 0.717) is 13.1 Å². The van der Waals surface area contributed by atoms with Crippen LogP contribution in [0.5, 0.6) is 0 Å². The summed E-state index contributed by atoms with van der Waals surface area (Å²) in [6.45, 7) is 7.88. The molecule has 1 aliphatic heterocycles. The summed E-state index contributed by atoms with van der Waals surface area (Å²) in [5.41, 5.74) is -0.128. The first-order valence-corrected chi connectivity index (χ1v) is 9.49. The first-order valence-electron chi connectivity index (χ1n) is 8.61. The molecule has 1 aliphatic rings. The summed E-state index contributed by atoms with van der Waals surface area (Å²) in [7, 11) is 0. The lowest BCUT2D eigenvalue weighted by Crippen LogP contribution is -2.40. The van der Waals surface area contributed by atoms with E-state index in [1.54, 1.807) is 0 Å². The minimum absolute atomic E-state index is 0.00289. The van der Waals surface area contributed by atoms with Crippen molar-refractivity contribution in [1.82, 2.24) is 16.0 Å². The molecule has 1 aromatic heterocycles. The van der Waals surface area contributed by atoms with Gasteiger partial charge in [0.25, 0.3) is 5.91 Å². The van der Waals surface area contributed by atoms with Gasteiger partial charge in [-0.05, 0) is 44.6 Å². The Morgan fingerprint density at radius 2 is 2.21 bits per heavy atom. The predicted octanol–water partition coefficient (Wildman–Crippen LogP) is 1.99. The van der Waals surface area contributed by atoms with Crippen molar-refractivity contribution in [2.24, 2.45) is 4.99 Å². The van der Waals surface area contributed by atoms with Gasteiger partial charge in [0.15, 0.2) is 5.96 Å². The largest absolute Gasteiger partial charge is 0.373 e. The summed E-state index contributed by atoms with van der Waals surface area (Å²) in [4.78, 5) is 17.2. The molecule has 1 saturated heterocycles. The molecule has 0 aromatic carbocycles. The van der Waals surface area contributed by atoms with Crippen LogP contribution in [0, 0.1) is 0 Å². The average molecular weight is 353 g/mol. The third kappa shape index (κ3) is 6.13. The standard InChI is InChI=1S/C17H28N4O2S/c1-3-18-16(21-13-17(2)8-5-11-23-17)20-10-6-9-19-15(22)14-7-4-12-24-14/h4,7,12H,3,5-6,8-11,13H2,1-2H3,(H,19,22)(H2,18,20,21). The first kappa shape index (κ1) is 18.7. The number of thiophene rings is 1. The number of hydrogen-bond donors (Lipinski definition) is 3. The van der Waals surface area contributed by atoms with Crippen molar-refractivity contribution < 1.29 is 9.53 Å². The first-order chi connectivity index (χ1) is 11.6. The molecule has 1 atom stereocenters. The van der Waals surface area contributed by atoms with Crippen LogP contribution in [-0.2, 0) is 4.74 Å². The van der Waals surface area contributed by atoms with Gasteiger partial charge in [-0.15, -0.1) is 11.3 Å². The van der Waals surface area contributed by atoms with Crippen LogP contribution in [0.15, 0.2) is 22.5 Å². The maximum absolute atomic E-state index is 11.8. The van der Waals surface area contributed by atoms with E-state index in [-0.39, 0.29) is 11.5 Å². The van der Waals surface area contributed by atoms with Gasteiger partial charge < -0.3 is 20.7 Å². The van der Waals surface area contributed by atoms with Crippen molar-refractivity contribution in [3.8, 4) is 0 Å². The molecule has 7 heteroatoms. The number of nitrogens with one attached hydrogen (secondary N) is 3. The SMILES string of the molecule is CCNC(=NCC1(C)CCCO1)NCCCNC(=O)c1cccs1. The summed E-state index contributed by atoms with van der Waals surface area (Å²) in [6.07, 6.45) is 3.01. The Morgan fingerprint density at radius 1 is 1.38 bits per heavy atom. The Hall–Kier alpha value is -1.60. The molecule has 0 radical (unpaired) electrons. The molecule has 1 amide bonds. The summed E-state index contributed by atoms with van der Waals surface area (Å²) in [5.74, 6) is 0.802. The monoisotopic (exact) mass is 352 g/mol. The number of carbonyl (C=O) groups is 1. The second kappa shape index (κ2) is 9.64. The highest BCUT2D eigenvalue weighted by molar-refractivity contribution is 7.12. The summed E-state index contributed by atoms with van der Waals surface area (Å²) in [6, 6.07) is 3.72. The van der Waals surface area contributed by atoms with Crippen LogP contribution in [-0.4, -0.2) is 50.3 Å². The smallest absolute Gasteiger partial charge is 0.261 e. The number of hydrogen-bond acceptors (Lipinski definition) is 4. The molecule has 1 aromatic rings. The van der Waals surface area contributed by atoms with E-state index in [4.69, 9.17) is 4.74 Å². The number of nitrogens with zero attached hydrogens (tertiary/aromatic N) is 1. The van der Waals surface area contributed by atoms with E-state index in [1.807, 2.05) is 24.4 Å². The van der Waals surface area contributed by atoms with Crippen LogP contribution < -0.4 is 16.0 Å². The fourth-order valence-corrected chi connectivity index (χ4v) is 3.18. The Kier molecular flexibility index (Phi) is 7.52. The molecule has 134 valence electrons. The minimum atomic E-state index is -0.128. The van der Waals surface area contributed by atoms with Crippen LogP contribution in [0.1, 0.15) is 42.8 Å². The van der Waals surface area contributed by atoms with E-state index in [1.165, 1.54) is 11.3 Å². The number of guanidine groups is 1. The lowest BCUT2D eigenvalue weighted by molar-refractivity contribution is 0.0283.